The van der Waals surface area contributed by atoms with Gasteiger partial charge in [0.15, 0.2) is 5.96 Å². The number of carbonyl (C=O) groups is 6. The second kappa shape index (κ2) is 23.0. The molecule has 61 heavy (non-hydrogen) atoms. The number of likely N-dealkylation sites (tertiary alicyclic amines) is 1. The Hall–Kier alpha value is -6.21. The number of nitrogens with one attached hydrogen (secondary N) is 6. The molecule has 6 amide bonds. The lowest BCUT2D eigenvalue weighted by atomic mass is 9.99. The molecule has 3 aromatic rings. The van der Waals surface area contributed by atoms with E-state index in [9.17, 15) is 39.0 Å². The van der Waals surface area contributed by atoms with Gasteiger partial charge in [0.25, 0.3) is 0 Å². The summed E-state index contributed by atoms with van der Waals surface area (Å²) in [5.41, 5.74) is 18.8. The number of benzene rings is 2. The van der Waals surface area contributed by atoms with E-state index >= 15 is 0 Å². The van der Waals surface area contributed by atoms with Gasteiger partial charge in [-0.3, -0.25) is 33.8 Å². The lowest BCUT2D eigenvalue weighted by Crippen LogP contribution is -2.60. The first-order chi connectivity index (χ1) is 29.1. The van der Waals surface area contributed by atoms with Crippen LogP contribution >= 0.6 is 0 Å². The Morgan fingerprint density at radius 1 is 0.869 bits per heavy atom. The van der Waals surface area contributed by atoms with E-state index in [-0.39, 0.29) is 55.8 Å². The number of phenolic OH excluding ortho intramolecular Hbond substituents is 1. The number of aliphatic hydroxyl groups is 1. The second-order valence-electron chi connectivity index (χ2n) is 15.6. The Kier molecular flexibility index (Phi) is 17.9. The molecule has 2 heterocycles. The zero-order chi connectivity index (χ0) is 44.6. The summed E-state index contributed by atoms with van der Waals surface area (Å²) in [4.78, 5) is 91.4. The molecule has 6 atom stereocenters. The van der Waals surface area contributed by atoms with Crippen molar-refractivity contribution in [2.45, 2.75) is 102 Å². The summed E-state index contributed by atoms with van der Waals surface area (Å²) < 4.78 is 0. The fourth-order valence-electron chi connectivity index (χ4n) is 7.24. The van der Waals surface area contributed by atoms with Gasteiger partial charge in [-0.15, -0.1) is 0 Å². The third-order valence-corrected chi connectivity index (χ3v) is 10.4. The lowest BCUT2D eigenvalue weighted by Gasteiger charge is -2.30. The molecule has 0 unspecified atom stereocenters. The van der Waals surface area contributed by atoms with Crippen molar-refractivity contribution in [3.63, 3.8) is 0 Å². The van der Waals surface area contributed by atoms with Crippen LogP contribution in [0.5, 0.6) is 5.75 Å². The third-order valence-electron chi connectivity index (χ3n) is 10.4. The minimum atomic E-state index is -1.33. The fourth-order valence-corrected chi connectivity index (χ4v) is 7.24. The van der Waals surface area contributed by atoms with Crippen LogP contribution in [0.15, 0.2) is 59.7 Å². The predicted octanol–water partition coefficient (Wildman–Crippen LogP) is -0.856. The molecule has 0 bridgehead atoms. The van der Waals surface area contributed by atoms with Crippen molar-refractivity contribution in [3.8, 4) is 5.75 Å². The summed E-state index contributed by atoms with van der Waals surface area (Å²) in [5, 5.41) is 33.9. The molecular formula is C42H61N11O8. The molecule has 19 heteroatoms. The molecule has 332 valence electrons. The number of para-hydroxylation sites is 1. The number of carbonyl (C=O) groups excluding carboxylic acids is 6. The molecule has 0 spiro atoms. The van der Waals surface area contributed by atoms with Crippen LogP contribution in [0.2, 0.25) is 0 Å². The molecule has 1 aromatic heterocycles. The lowest BCUT2D eigenvalue weighted by molar-refractivity contribution is -0.142. The van der Waals surface area contributed by atoms with Crippen LogP contribution in [0.4, 0.5) is 0 Å². The minimum Gasteiger partial charge on any atom is -0.508 e. The second-order valence-corrected chi connectivity index (χ2v) is 15.6. The summed E-state index contributed by atoms with van der Waals surface area (Å²) in [5.74, 6) is -3.91. The summed E-state index contributed by atoms with van der Waals surface area (Å²) in [6, 6.07) is 6.53. The van der Waals surface area contributed by atoms with Crippen molar-refractivity contribution in [2.24, 2.45) is 28.1 Å². The van der Waals surface area contributed by atoms with Crippen LogP contribution in [-0.2, 0) is 41.6 Å². The molecule has 0 radical (unpaired) electrons. The molecule has 4 rings (SSSR count). The number of rotatable bonds is 22. The third kappa shape index (κ3) is 13.9. The number of likely N-dealkylation sites (N-methyl/N-ethyl adjacent to an activating group) is 1. The van der Waals surface area contributed by atoms with Gasteiger partial charge in [-0.1, -0.05) is 44.2 Å². The maximum Gasteiger partial charge on any atom is 0.245 e. The van der Waals surface area contributed by atoms with Gasteiger partial charge in [0.1, 0.15) is 42.0 Å². The summed E-state index contributed by atoms with van der Waals surface area (Å²) in [6.45, 7) is 5.73. The largest absolute Gasteiger partial charge is 0.508 e. The molecule has 0 saturated carbocycles. The van der Waals surface area contributed by atoms with Crippen molar-refractivity contribution >= 4 is 52.3 Å². The molecule has 2 aromatic carbocycles. The molecular weight excluding hydrogens is 787 g/mol. The number of guanidine groups is 1. The number of nitrogens with zero attached hydrogens (tertiary/aromatic N) is 2. The number of phenols is 1. The van der Waals surface area contributed by atoms with E-state index in [0.717, 1.165) is 10.9 Å². The number of fused-ring (bicyclic) bond motifs is 1. The number of hydrogen-bond acceptors (Lipinski definition) is 10. The van der Waals surface area contributed by atoms with E-state index in [1.807, 2.05) is 38.1 Å². The van der Waals surface area contributed by atoms with Crippen molar-refractivity contribution in [1.82, 2.24) is 36.5 Å². The van der Waals surface area contributed by atoms with Crippen LogP contribution in [0.25, 0.3) is 10.9 Å². The van der Waals surface area contributed by atoms with Crippen LogP contribution in [0, 0.1) is 5.92 Å². The Morgan fingerprint density at radius 2 is 1.49 bits per heavy atom. The van der Waals surface area contributed by atoms with Gasteiger partial charge in [-0.05, 0) is 74.3 Å². The Bertz CT molecular complexity index is 2000. The smallest absolute Gasteiger partial charge is 0.245 e. The first-order valence-corrected chi connectivity index (χ1v) is 20.7. The van der Waals surface area contributed by atoms with Gasteiger partial charge in [-0.2, -0.15) is 0 Å². The highest BCUT2D eigenvalue weighted by Gasteiger charge is 2.39. The maximum absolute atomic E-state index is 14.5. The number of amides is 6. The van der Waals surface area contributed by atoms with Crippen molar-refractivity contribution in [1.29, 1.82) is 0 Å². The number of aromatic hydroxyl groups is 1. The summed E-state index contributed by atoms with van der Waals surface area (Å²) in [6.07, 6.45) is 3.30. The average molecular weight is 848 g/mol. The van der Waals surface area contributed by atoms with Gasteiger partial charge >= 0.3 is 0 Å². The summed E-state index contributed by atoms with van der Waals surface area (Å²) in [7, 11) is 0. The normalized spacial score (nSPS) is 16.2. The van der Waals surface area contributed by atoms with Gasteiger partial charge < -0.3 is 63.9 Å². The number of nitrogens with two attached hydrogens (primary N) is 3. The van der Waals surface area contributed by atoms with Gasteiger partial charge in [0.05, 0.1) is 6.61 Å². The molecule has 19 nitrogen and oxygen atoms in total. The van der Waals surface area contributed by atoms with E-state index in [0.29, 0.717) is 43.5 Å². The van der Waals surface area contributed by atoms with Crippen molar-refractivity contribution in [2.75, 3.05) is 26.2 Å². The standard InChI is InChI=1S/C42H61N11O8/c1-4-46-40(60)35-12-8-18-53(35)41(61)31(11-7-17-47-42(44)45)49-37(57)32(19-24(2)3)51-39(59)34(21-26-22-48-30-10-6-5-9-28(26)30)52-38(58)33(50-36(56)29(43)23-54)20-25-13-15-27(55)16-14-25/h5-6,9-10,13-16,22,24,29,31-35,48,54-55H,4,7-8,11-12,17-21,23,43H2,1-3H3,(H,46,60)(H,49,57)(H,50,56)(H,51,59)(H,52,58)(H4,44,45,47)/t29-,31-,32-,33-,34+,35-/m0/s1. The zero-order valence-corrected chi connectivity index (χ0v) is 35.0. The van der Waals surface area contributed by atoms with Crippen LogP contribution in [0.3, 0.4) is 0 Å². The summed E-state index contributed by atoms with van der Waals surface area (Å²) >= 11 is 0. The Labute approximate surface area is 355 Å². The molecule has 1 aliphatic heterocycles. The Balaban J connectivity index is 1.64. The van der Waals surface area contributed by atoms with Gasteiger partial charge in [-0.25, -0.2) is 0 Å². The number of hydrogen-bond donors (Lipinski definition) is 11. The number of aromatic amines is 1. The minimum absolute atomic E-state index is 0.00668. The predicted molar refractivity (Wildman–Crippen MR) is 229 cm³/mol. The van der Waals surface area contributed by atoms with Crippen molar-refractivity contribution in [3.05, 3.63) is 65.9 Å². The number of aliphatic imine (C=N–C) groups is 1. The van der Waals surface area contributed by atoms with Gasteiger partial charge in [0, 0.05) is 49.6 Å². The molecule has 0 aliphatic carbocycles. The molecule has 1 saturated heterocycles. The first kappa shape index (κ1) is 47.5. The Morgan fingerprint density at radius 3 is 2.15 bits per heavy atom. The highest BCUT2D eigenvalue weighted by atomic mass is 16.3. The van der Waals surface area contributed by atoms with Gasteiger partial charge in [0.2, 0.25) is 35.4 Å². The number of H-pyrrole nitrogens is 1. The molecule has 1 aliphatic rings. The van der Waals surface area contributed by atoms with E-state index in [4.69, 9.17) is 17.2 Å². The molecule has 1 fully saturated rings. The maximum atomic E-state index is 14.5. The van der Waals surface area contributed by atoms with Crippen LogP contribution in [-0.4, -0.2) is 124 Å². The highest BCUT2D eigenvalue weighted by molar-refractivity contribution is 5.97. The van der Waals surface area contributed by atoms with E-state index < -0.39 is 72.4 Å². The SMILES string of the molecule is CCNC(=O)[C@@H]1CCCN1C(=O)[C@H](CCCN=C(N)N)NC(=O)[C@H](CC(C)C)NC(=O)[C@@H](Cc1c[nH]c2ccccc12)NC(=O)[C@H](Cc1ccc(O)cc1)NC(=O)[C@@H](N)CO. The first-order valence-electron chi connectivity index (χ1n) is 20.7. The topological polar surface area (TPSA) is 312 Å². The number of aromatic nitrogens is 1. The molecule has 14 N–H and O–H groups in total. The van der Waals surface area contributed by atoms with Crippen molar-refractivity contribution < 1.29 is 39.0 Å². The fraction of sp³-hybridized carbons (Fsp3) is 0.500. The van der Waals surface area contributed by atoms with E-state index in [1.54, 1.807) is 25.3 Å². The zero-order valence-electron chi connectivity index (χ0n) is 35.0. The quantitative estimate of drug-likeness (QED) is 0.0336. The van der Waals surface area contributed by atoms with E-state index in [1.165, 1.54) is 17.0 Å². The van der Waals surface area contributed by atoms with Crippen LogP contribution < -0.4 is 43.8 Å². The highest BCUT2D eigenvalue weighted by Crippen LogP contribution is 2.22. The number of aliphatic hydroxyl groups excluding tert-OH is 1. The van der Waals surface area contributed by atoms with E-state index in [2.05, 4.69) is 36.6 Å². The average Bonchev–Trinajstić information content (AvgIpc) is 3.89. The monoisotopic (exact) mass is 847 g/mol. The van der Waals surface area contributed by atoms with Crippen LogP contribution in [0.1, 0.15) is 64.0 Å².